The van der Waals surface area contributed by atoms with Gasteiger partial charge >= 0.3 is 0 Å². The fourth-order valence-electron chi connectivity index (χ4n) is 1.88. The van der Waals surface area contributed by atoms with Crippen molar-refractivity contribution in [3.63, 3.8) is 0 Å². The van der Waals surface area contributed by atoms with Crippen molar-refractivity contribution in [1.82, 2.24) is 9.55 Å². The first kappa shape index (κ1) is 9.68. The average molecular weight is 195 g/mol. The molecule has 1 aromatic rings. The first-order valence-electron chi connectivity index (χ1n) is 5.05. The number of rotatable bonds is 2. The van der Waals surface area contributed by atoms with E-state index in [9.17, 15) is 0 Å². The monoisotopic (exact) mass is 195 g/mol. The number of nitrogens with two attached hydrogens (primary N) is 1. The Morgan fingerprint density at radius 2 is 2.43 bits per heavy atom. The highest BCUT2D eigenvalue weighted by Crippen LogP contribution is 2.17. The van der Waals surface area contributed by atoms with Crippen molar-refractivity contribution in [2.24, 2.45) is 12.8 Å². The summed E-state index contributed by atoms with van der Waals surface area (Å²) in [6, 6.07) is 0.165. The molecule has 1 unspecified atom stereocenters. The maximum Gasteiger partial charge on any atom is 0.110 e. The average Bonchev–Trinajstić information content (AvgIpc) is 2.44. The highest BCUT2D eigenvalue weighted by Gasteiger charge is 2.18. The van der Waals surface area contributed by atoms with Gasteiger partial charge in [0.25, 0.3) is 0 Å². The lowest BCUT2D eigenvalue weighted by Gasteiger charge is -2.12. The molecule has 1 aliphatic heterocycles. The van der Waals surface area contributed by atoms with E-state index in [-0.39, 0.29) is 6.04 Å². The minimum Gasteiger partial charge on any atom is -0.375 e. The number of ether oxygens (including phenoxy) is 1. The number of imidazole rings is 1. The van der Waals surface area contributed by atoms with E-state index in [1.165, 1.54) is 5.69 Å². The second-order valence-corrected chi connectivity index (χ2v) is 3.96. The molecule has 2 N–H and O–H groups in total. The highest BCUT2D eigenvalue weighted by molar-refractivity contribution is 5.18. The van der Waals surface area contributed by atoms with Crippen LogP contribution in [-0.4, -0.2) is 22.2 Å². The van der Waals surface area contributed by atoms with Crippen LogP contribution in [0.25, 0.3) is 0 Å². The third kappa shape index (κ3) is 1.67. The van der Waals surface area contributed by atoms with E-state index in [1.54, 1.807) is 0 Å². The molecule has 1 aromatic heterocycles. The van der Waals surface area contributed by atoms with Gasteiger partial charge in [0.15, 0.2) is 0 Å². The molecular weight excluding hydrogens is 178 g/mol. The molecule has 0 amide bonds. The number of hydrogen-bond acceptors (Lipinski definition) is 3. The molecule has 1 aliphatic rings. The van der Waals surface area contributed by atoms with E-state index >= 15 is 0 Å². The molecule has 78 valence electrons. The molecule has 0 saturated carbocycles. The smallest absolute Gasteiger partial charge is 0.110 e. The van der Waals surface area contributed by atoms with Crippen molar-refractivity contribution in [1.29, 1.82) is 0 Å². The molecule has 0 bridgehead atoms. The van der Waals surface area contributed by atoms with Crippen LogP contribution < -0.4 is 5.73 Å². The Kier molecular flexibility index (Phi) is 2.56. The van der Waals surface area contributed by atoms with E-state index in [1.807, 2.05) is 6.92 Å². The molecule has 0 fully saturated rings. The van der Waals surface area contributed by atoms with E-state index in [0.29, 0.717) is 6.61 Å². The number of nitrogens with zero attached hydrogens (tertiary/aromatic N) is 2. The van der Waals surface area contributed by atoms with Crippen molar-refractivity contribution in [2.75, 3.05) is 6.61 Å². The maximum atomic E-state index is 5.77. The van der Waals surface area contributed by atoms with Crippen molar-refractivity contribution in [2.45, 2.75) is 32.4 Å². The zero-order valence-corrected chi connectivity index (χ0v) is 8.79. The van der Waals surface area contributed by atoms with Crippen LogP contribution in [0.4, 0.5) is 0 Å². The minimum atomic E-state index is 0.165. The van der Waals surface area contributed by atoms with Gasteiger partial charge in [0.1, 0.15) is 5.82 Å². The predicted molar refractivity (Wildman–Crippen MR) is 53.9 cm³/mol. The molecule has 0 saturated heterocycles. The third-order valence-electron chi connectivity index (χ3n) is 2.62. The molecule has 0 spiro atoms. The van der Waals surface area contributed by atoms with Crippen LogP contribution in [0.3, 0.4) is 0 Å². The van der Waals surface area contributed by atoms with Gasteiger partial charge in [-0.3, -0.25) is 0 Å². The van der Waals surface area contributed by atoms with Gasteiger partial charge in [-0.15, -0.1) is 0 Å². The van der Waals surface area contributed by atoms with Crippen molar-refractivity contribution < 1.29 is 4.74 Å². The Morgan fingerprint density at radius 1 is 1.64 bits per heavy atom. The van der Waals surface area contributed by atoms with Crippen LogP contribution in [0.1, 0.15) is 24.1 Å². The topological polar surface area (TPSA) is 53.1 Å². The van der Waals surface area contributed by atoms with Gasteiger partial charge in [-0.2, -0.15) is 0 Å². The Bertz CT molecular complexity index is 330. The number of fused-ring (bicyclic) bond motifs is 1. The lowest BCUT2D eigenvalue weighted by Crippen LogP contribution is -2.20. The van der Waals surface area contributed by atoms with Crippen LogP contribution in [0.5, 0.6) is 0 Å². The van der Waals surface area contributed by atoms with Gasteiger partial charge in [-0.1, -0.05) is 0 Å². The van der Waals surface area contributed by atoms with Crippen LogP contribution in [0, 0.1) is 0 Å². The second kappa shape index (κ2) is 3.71. The standard InChI is InChI=1S/C10H17N3O/c1-7(11)5-10-12-8-6-14-4-3-9(8)13(10)2/h7H,3-6,11H2,1-2H3. The Morgan fingerprint density at radius 3 is 3.07 bits per heavy atom. The molecule has 0 radical (unpaired) electrons. The van der Waals surface area contributed by atoms with Gasteiger partial charge in [0, 0.05) is 31.6 Å². The van der Waals surface area contributed by atoms with Crippen molar-refractivity contribution in [3.8, 4) is 0 Å². The quantitative estimate of drug-likeness (QED) is 0.742. The first-order chi connectivity index (χ1) is 6.68. The lowest BCUT2D eigenvalue weighted by atomic mass is 10.2. The molecule has 0 aromatic carbocycles. The fourth-order valence-corrected chi connectivity index (χ4v) is 1.88. The van der Waals surface area contributed by atoms with Crippen LogP contribution in [0.15, 0.2) is 0 Å². The third-order valence-corrected chi connectivity index (χ3v) is 2.62. The summed E-state index contributed by atoms with van der Waals surface area (Å²) in [4.78, 5) is 4.55. The van der Waals surface area contributed by atoms with E-state index in [2.05, 4.69) is 16.6 Å². The first-order valence-corrected chi connectivity index (χ1v) is 5.05. The molecule has 2 rings (SSSR count). The Labute approximate surface area is 84.1 Å². The van der Waals surface area contributed by atoms with Crippen LogP contribution >= 0.6 is 0 Å². The summed E-state index contributed by atoms with van der Waals surface area (Å²) in [5.41, 5.74) is 8.17. The summed E-state index contributed by atoms with van der Waals surface area (Å²) in [7, 11) is 2.06. The number of aromatic nitrogens is 2. The summed E-state index contributed by atoms with van der Waals surface area (Å²) in [6.07, 6.45) is 1.81. The highest BCUT2D eigenvalue weighted by atomic mass is 16.5. The SMILES string of the molecule is CC(N)Cc1nc2c(n1C)CCOC2. The van der Waals surface area contributed by atoms with Crippen molar-refractivity contribution in [3.05, 3.63) is 17.2 Å². The summed E-state index contributed by atoms with van der Waals surface area (Å²) in [6.45, 7) is 3.47. The molecule has 2 heterocycles. The van der Waals surface area contributed by atoms with Crippen LogP contribution in [-0.2, 0) is 31.2 Å². The lowest BCUT2D eigenvalue weighted by molar-refractivity contribution is 0.106. The van der Waals surface area contributed by atoms with Crippen molar-refractivity contribution >= 4 is 0 Å². The van der Waals surface area contributed by atoms with E-state index in [4.69, 9.17) is 10.5 Å². The molecule has 4 nitrogen and oxygen atoms in total. The molecule has 14 heavy (non-hydrogen) atoms. The van der Waals surface area contributed by atoms with Gasteiger partial charge in [0.2, 0.25) is 0 Å². The molecule has 4 heteroatoms. The number of hydrogen-bond donors (Lipinski definition) is 1. The second-order valence-electron chi connectivity index (χ2n) is 3.96. The summed E-state index contributed by atoms with van der Waals surface area (Å²) >= 11 is 0. The van der Waals surface area contributed by atoms with Gasteiger partial charge in [-0.05, 0) is 6.92 Å². The minimum absolute atomic E-state index is 0.165. The largest absolute Gasteiger partial charge is 0.375 e. The molecular formula is C10H17N3O. The van der Waals surface area contributed by atoms with E-state index < -0.39 is 0 Å². The summed E-state index contributed by atoms with van der Waals surface area (Å²) in [5.74, 6) is 1.08. The molecule has 0 aliphatic carbocycles. The fraction of sp³-hybridized carbons (Fsp3) is 0.700. The Hall–Kier alpha value is -0.870. The van der Waals surface area contributed by atoms with Gasteiger partial charge in [-0.25, -0.2) is 4.98 Å². The van der Waals surface area contributed by atoms with Crippen LogP contribution in [0.2, 0.25) is 0 Å². The normalized spacial score (nSPS) is 17.9. The van der Waals surface area contributed by atoms with E-state index in [0.717, 1.165) is 31.0 Å². The summed E-state index contributed by atoms with van der Waals surface area (Å²) in [5, 5.41) is 0. The zero-order valence-electron chi connectivity index (χ0n) is 8.79. The van der Waals surface area contributed by atoms with Gasteiger partial charge < -0.3 is 15.0 Å². The zero-order chi connectivity index (χ0) is 10.1. The maximum absolute atomic E-state index is 5.77. The Balaban J connectivity index is 2.29. The predicted octanol–water partition coefficient (Wildman–Crippen LogP) is 0.382. The molecule has 1 atom stereocenters. The van der Waals surface area contributed by atoms with Gasteiger partial charge in [0.05, 0.1) is 18.9 Å². The summed E-state index contributed by atoms with van der Waals surface area (Å²) < 4.78 is 7.53.